The SMILES string of the molecule is Cc1ncsc1-c1ccc(CNC(=O)[C@@H]2C[C@@H](O)CN2C(=O)[C@@H](NC(=O)COCCOCCOCCCCOc2ccc3c(c2)c2c(C(N)=O)cc(-c4c(C)noc4C)cc2n3Cc2ccccc2)C(C)(C)C)cc1. The highest BCUT2D eigenvalue weighted by Crippen LogP contribution is 2.39. The average Bonchev–Trinajstić information content (AvgIpc) is 4.19. The van der Waals surface area contributed by atoms with E-state index in [1.807, 2.05) is 114 Å². The molecular formula is C57H67N7O10S. The number of aliphatic hydroxyl groups excluding tert-OH is 1. The van der Waals surface area contributed by atoms with E-state index in [0.717, 1.165) is 78.7 Å². The molecule has 75 heavy (non-hydrogen) atoms. The van der Waals surface area contributed by atoms with E-state index in [9.17, 15) is 24.3 Å². The fourth-order valence-corrected chi connectivity index (χ4v) is 10.4. The number of nitrogens with two attached hydrogens (primary N) is 1. The lowest BCUT2D eigenvalue weighted by Gasteiger charge is -2.35. The van der Waals surface area contributed by atoms with Crippen molar-refractivity contribution in [3.63, 3.8) is 0 Å². The second-order valence-electron chi connectivity index (χ2n) is 20.0. The molecule has 5 N–H and O–H groups in total. The van der Waals surface area contributed by atoms with Gasteiger partial charge in [-0.2, -0.15) is 0 Å². The second-order valence-corrected chi connectivity index (χ2v) is 20.9. The molecule has 8 rings (SSSR count). The number of unbranched alkanes of at least 4 members (excludes halogenated alkanes) is 1. The zero-order valence-corrected chi connectivity index (χ0v) is 44.3. The molecule has 17 nitrogen and oxygen atoms in total. The Labute approximate surface area is 440 Å². The molecule has 3 aromatic heterocycles. The van der Waals surface area contributed by atoms with Crippen molar-refractivity contribution in [2.24, 2.45) is 11.1 Å². The number of likely N-dealkylation sites (tertiary alicyclic amines) is 1. The first-order valence-electron chi connectivity index (χ1n) is 25.4. The van der Waals surface area contributed by atoms with Crippen LogP contribution in [0.1, 0.15) is 78.7 Å². The molecule has 4 heterocycles. The maximum absolute atomic E-state index is 14.0. The number of carbonyl (C=O) groups excluding carboxylic acids is 4. The third-order valence-corrected chi connectivity index (χ3v) is 14.3. The van der Waals surface area contributed by atoms with Crippen molar-refractivity contribution in [2.45, 2.75) is 92.1 Å². The summed E-state index contributed by atoms with van der Waals surface area (Å²) >= 11 is 1.57. The van der Waals surface area contributed by atoms with Gasteiger partial charge in [0.2, 0.25) is 23.6 Å². The minimum Gasteiger partial charge on any atom is -0.494 e. The highest BCUT2D eigenvalue weighted by Gasteiger charge is 2.44. The molecule has 3 atom stereocenters. The van der Waals surface area contributed by atoms with Crippen LogP contribution in [-0.4, -0.2) is 119 Å². The highest BCUT2D eigenvalue weighted by molar-refractivity contribution is 7.13. The van der Waals surface area contributed by atoms with Crippen molar-refractivity contribution in [2.75, 3.05) is 52.8 Å². The van der Waals surface area contributed by atoms with E-state index in [1.165, 1.54) is 4.90 Å². The number of primary amides is 1. The lowest BCUT2D eigenvalue weighted by Crippen LogP contribution is -2.58. The molecule has 7 aromatic rings. The quantitative estimate of drug-likeness (QED) is 0.0429. The van der Waals surface area contributed by atoms with Gasteiger partial charge in [-0.05, 0) is 91.6 Å². The Morgan fingerprint density at radius 2 is 1.56 bits per heavy atom. The van der Waals surface area contributed by atoms with Crippen LogP contribution in [0.25, 0.3) is 43.4 Å². The molecule has 0 saturated carbocycles. The fourth-order valence-electron chi connectivity index (χ4n) is 9.55. The maximum Gasteiger partial charge on any atom is 0.249 e. The van der Waals surface area contributed by atoms with E-state index in [-0.39, 0.29) is 45.2 Å². The van der Waals surface area contributed by atoms with Gasteiger partial charge in [-0.3, -0.25) is 19.2 Å². The molecule has 396 valence electrons. The number of aryl methyl sites for hydroxylation is 3. The number of thiazole rings is 1. The van der Waals surface area contributed by atoms with E-state index < -0.39 is 41.3 Å². The largest absolute Gasteiger partial charge is 0.494 e. The molecule has 1 saturated heterocycles. The normalized spacial score (nSPS) is 15.2. The number of hydrogen-bond donors (Lipinski definition) is 4. The van der Waals surface area contributed by atoms with E-state index in [2.05, 4.69) is 43.5 Å². The lowest BCUT2D eigenvalue weighted by atomic mass is 9.85. The van der Waals surface area contributed by atoms with Crippen molar-refractivity contribution in [3.05, 3.63) is 124 Å². The second kappa shape index (κ2) is 24.6. The van der Waals surface area contributed by atoms with Gasteiger partial charge >= 0.3 is 0 Å². The Morgan fingerprint density at radius 3 is 2.24 bits per heavy atom. The third kappa shape index (κ3) is 13.3. The van der Waals surface area contributed by atoms with Crippen LogP contribution in [0.15, 0.2) is 95.0 Å². The van der Waals surface area contributed by atoms with E-state index in [1.54, 1.807) is 11.3 Å². The van der Waals surface area contributed by atoms with E-state index in [0.29, 0.717) is 50.0 Å². The van der Waals surface area contributed by atoms with Crippen LogP contribution in [0.3, 0.4) is 0 Å². The first-order valence-corrected chi connectivity index (χ1v) is 26.2. The number of amides is 4. The zero-order chi connectivity index (χ0) is 53.2. The smallest absolute Gasteiger partial charge is 0.249 e. The van der Waals surface area contributed by atoms with Crippen molar-refractivity contribution in [1.82, 2.24) is 30.2 Å². The molecule has 1 fully saturated rings. The zero-order valence-electron chi connectivity index (χ0n) is 43.5. The molecule has 4 aromatic carbocycles. The first-order chi connectivity index (χ1) is 36.1. The molecule has 0 aliphatic carbocycles. The monoisotopic (exact) mass is 1040 g/mol. The highest BCUT2D eigenvalue weighted by atomic mass is 32.1. The summed E-state index contributed by atoms with van der Waals surface area (Å²) in [5, 5.41) is 22.1. The number of fused-ring (bicyclic) bond motifs is 3. The van der Waals surface area contributed by atoms with Crippen LogP contribution < -0.4 is 21.1 Å². The molecule has 0 spiro atoms. The number of rotatable bonds is 24. The van der Waals surface area contributed by atoms with Crippen LogP contribution in [-0.2, 0) is 41.7 Å². The van der Waals surface area contributed by atoms with Gasteiger partial charge in [0, 0.05) is 60.1 Å². The number of ether oxygens (including phenoxy) is 4. The molecule has 0 unspecified atom stereocenters. The first kappa shape index (κ1) is 54.3. The Balaban J connectivity index is 0.739. The fraction of sp³-hybridized carbons (Fsp3) is 0.404. The lowest BCUT2D eigenvalue weighted by molar-refractivity contribution is -0.144. The van der Waals surface area contributed by atoms with Gasteiger partial charge in [0.15, 0.2) is 0 Å². The molecular weight excluding hydrogens is 975 g/mol. The van der Waals surface area contributed by atoms with Crippen LogP contribution in [0.2, 0.25) is 0 Å². The van der Waals surface area contributed by atoms with Gasteiger partial charge in [0.05, 0.1) is 66.4 Å². The topological polar surface area (TPSA) is 223 Å². The number of hydrogen-bond acceptors (Lipinski definition) is 13. The summed E-state index contributed by atoms with van der Waals surface area (Å²) in [4.78, 5) is 60.4. The molecule has 4 amide bonds. The Bertz CT molecular complexity index is 3090. The van der Waals surface area contributed by atoms with Crippen LogP contribution in [0.5, 0.6) is 5.75 Å². The van der Waals surface area contributed by atoms with E-state index >= 15 is 0 Å². The number of nitrogens with one attached hydrogen (secondary N) is 2. The standard InChI is InChI=1S/C57H67N7O10S/c1-35-50(37(3)74-62-35)41-26-45(54(58)67)51-44-29-43(18-19-46(44)63(47(51)27-41)31-39-12-8-7-9-13-39)73-21-11-10-20-70-22-23-71-24-25-72-33-49(66)61-53(57(4,5)6)56(69)64-32-42(65)28-48(64)55(68)59-30-38-14-16-40(17-15-38)52-36(2)60-34-75-52/h7-9,12-19,26-27,29,34,42,48,53,65H,10-11,20-25,28,30-33H2,1-6H3,(H2,58,67)(H,59,68)(H,61,66)/t42-,48+,53-/m1/s1. The van der Waals surface area contributed by atoms with Crippen molar-refractivity contribution in [1.29, 1.82) is 0 Å². The third-order valence-electron chi connectivity index (χ3n) is 13.3. The molecule has 0 bridgehead atoms. The summed E-state index contributed by atoms with van der Waals surface area (Å²) in [7, 11) is 0. The minimum absolute atomic E-state index is 0.0214. The number of carbonyl (C=O) groups is 4. The summed E-state index contributed by atoms with van der Waals surface area (Å²) in [6, 6.07) is 26.0. The van der Waals surface area contributed by atoms with E-state index in [4.69, 9.17) is 29.2 Å². The number of benzene rings is 4. The summed E-state index contributed by atoms with van der Waals surface area (Å²) in [5.41, 5.74) is 15.8. The van der Waals surface area contributed by atoms with Crippen LogP contribution >= 0.6 is 11.3 Å². The molecule has 1 aliphatic heterocycles. The Morgan fingerprint density at radius 1 is 0.840 bits per heavy atom. The number of nitrogens with zero attached hydrogens (tertiary/aromatic N) is 4. The number of aromatic nitrogens is 3. The average molecular weight is 1040 g/mol. The maximum atomic E-state index is 14.0. The van der Waals surface area contributed by atoms with Gasteiger partial charge in [-0.1, -0.05) is 80.5 Å². The van der Waals surface area contributed by atoms with Gasteiger partial charge in [-0.25, -0.2) is 4.98 Å². The van der Waals surface area contributed by atoms with Crippen molar-refractivity contribution >= 4 is 56.8 Å². The van der Waals surface area contributed by atoms with Crippen LogP contribution in [0, 0.1) is 26.2 Å². The molecule has 0 radical (unpaired) electrons. The van der Waals surface area contributed by atoms with Crippen molar-refractivity contribution in [3.8, 4) is 27.3 Å². The predicted octanol–water partition coefficient (Wildman–Crippen LogP) is 7.66. The predicted molar refractivity (Wildman–Crippen MR) is 287 cm³/mol. The summed E-state index contributed by atoms with van der Waals surface area (Å²) in [5.74, 6) is -0.502. The van der Waals surface area contributed by atoms with Gasteiger partial charge in [0.25, 0.3) is 0 Å². The summed E-state index contributed by atoms with van der Waals surface area (Å²) in [6.07, 6.45) is 0.730. The molecule has 1 aliphatic rings. The van der Waals surface area contributed by atoms with Crippen molar-refractivity contribution < 1.29 is 47.8 Å². The minimum atomic E-state index is -0.973. The summed E-state index contributed by atoms with van der Waals surface area (Å²) < 4.78 is 30.9. The molecule has 18 heteroatoms. The summed E-state index contributed by atoms with van der Waals surface area (Å²) in [6.45, 7) is 13.8. The number of aliphatic hydroxyl groups is 1. The van der Waals surface area contributed by atoms with Gasteiger partial charge in [0.1, 0.15) is 30.2 Å². The van der Waals surface area contributed by atoms with Gasteiger partial charge < -0.3 is 54.4 Å². The van der Waals surface area contributed by atoms with Crippen LogP contribution in [0.4, 0.5) is 0 Å². The number of β-amino-alcohol motifs (C(OH)–C–C–N with tert-alkyl or cyclic N) is 1. The van der Waals surface area contributed by atoms with Gasteiger partial charge in [-0.15, -0.1) is 11.3 Å². The Hall–Kier alpha value is -6.96. The Kier molecular flexibility index (Phi) is 17.8.